The Kier molecular flexibility index (Phi) is 6.23. The maximum atomic E-state index is 8.49. The molecule has 0 heterocycles. The van der Waals surface area contributed by atoms with E-state index in [9.17, 15) is 0 Å². The molecule has 0 aromatic rings. The van der Waals surface area contributed by atoms with Gasteiger partial charge in [-0.05, 0) is 25.7 Å². The van der Waals surface area contributed by atoms with Gasteiger partial charge in [0.2, 0.25) is 0 Å². The Morgan fingerprint density at radius 3 is 1.64 bits per heavy atom. The third kappa shape index (κ3) is 5.11. The molecule has 80 valence electrons. The summed E-state index contributed by atoms with van der Waals surface area (Å²) in [5, 5.41) is 8.49. The van der Waals surface area contributed by atoms with Gasteiger partial charge in [0.15, 0.2) is 0 Å². The van der Waals surface area contributed by atoms with E-state index >= 15 is 0 Å². The number of rotatable bonds is 1. The lowest BCUT2D eigenvalue weighted by atomic mass is 10.1. The minimum Gasteiger partial charge on any atom is -0.424 e. The molecule has 1 saturated carbocycles. The van der Waals surface area contributed by atoms with E-state index in [0.29, 0.717) is 0 Å². The topological polar surface area (TPSA) is 33.0 Å². The van der Waals surface area contributed by atoms with Crippen LogP contribution in [0.25, 0.3) is 0 Å². The summed E-state index contributed by atoms with van der Waals surface area (Å²) in [5.41, 5.74) is 0. The van der Waals surface area contributed by atoms with Crippen LogP contribution in [0.5, 0.6) is 0 Å². The Morgan fingerprint density at radius 1 is 0.786 bits per heavy atom. The summed E-state index contributed by atoms with van der Waals surface area (Å²) in [4.78, 5) is 0. The molecule has 0 unspecified atom stereocenters. The Bertz CT molecular complexity index is 162. The second-order valence-corrected chi connectivity index (χ2v) is 4.24. The highest BCUT2D eigenvalue weighted by atomic mass is 16.5. The van der Waals surface area contributed by atoms with Gasteiger partial charge < -0.3 is 4.74 Å². The van der Waals surface area contributed by atoms with Gasteiger partial charge in [-0.1, -0.05) is 38.5 Å². The number of ether oxygens (including phenoxy) is 1. The van der Waals surface area contributed by atoms with Crippen LogP contribution in [0.1, 0.15) is 64.2 Å². The third-order valence-corrected chi connectivity index (χ3v) is 3.02. The highest BCUT2D eigenvalue weighted by Gasteiger charge is 2.09. The van der Waals surface area contributed by atoms with E-state index in [1.807, 2.05) is 6.26 Å². The van der Waals surface area contributed by atoms with Crippen molar-refractivity contribution in [2.45, 2.75) is 70.3 Å². The van der Waals surface area contributed by atoms with E-state index in [0.717, 1.165) is 12.8 Å². The lowest BCUT2D eigenvalue weighted by Gasteiger charge is -2.12. The van der Waals surface area contributed by atoms with Crippen molar-refractivity contribution in [2.75, 3.05) is 0 Å². The lowest BCUT2D eigenvalue weighted by Crippen LogP contribution is -2.09. The standard InChI is InChI=1S/C12H21NO/c13-11-14-12-9-7-5-3-1-2-4-6-8-10-12/h12H,1-10H2. The molecule has 14 heavy (non-hydrogen) atoms. The average Bonchev–Trinajstić information content (AvgIpc) is 2.24. The zero-order valence-electron chi connectivity index (χ0n) is 9.00. The normalized spacial score (nSPS) is 21.9. The fraction of sp³-hybridized carbons (Fsp3) is 0.917. The highest BCUT2D eigenvalue weighted by molar-refractivity contribution is 4.65. The van der Waals surface area contributed by atoms with Crippen molar-refractivity contribution in [2.24, 2.45) is 0 Å². The molecule has 2 heteroatoms. The van der Waals surface area contributed by atoms with Crippen LogP contribution >= 0.6 is 0 Å². The molecule has 0 N–H and O–H groups in total. The van der Waals surface area contributed by atoms with E-state index in [1.54, 1.807) is 0 Å². The van der Waals surface area contributed by atoms with Crippen LogP contribution in [0.3, 0.4) is 0 Å². The lowest BCUT2D eigenvalue weighted by molar-refractivity contribution is 0.136. The Hall–Kier alpha value is -0.710. The first-order valence-electron chi connectivity index (χ1n) is 5.98. The van der Waals surface area contributed by atoms with Crippen molar-refractivity contribution in [3.05, 3.63) is 0 Å². The number of hydrogen-bond donors (Lipinski definition) is 0. The smallest absolute Gasteiger partial charge is 0.286 e. The van der Waals surface area contributed by atoms with Crippen molar-refractivity contribution in [1.29, 1.82) is 5.26 Å². The molecular weight excluding hydrogens is 174 g/mol. The Balaban J connectivity index is 2.24. The van der Waals surface area contributed by atoms with Gasteiger partial charge in [0.1, 0.15) is 6.10 Å². The van der Waals surface area contributed by atoms with E-state index in [2.05, 4.69) is 0 Å². The van der Waals surface area contributed by atoms with Gasteiger partial charge in [0.05, 0.1) is 0 Å². The van der Waals surface area contributed by atoms with Crippen molar-refractivity contribution < 1.29 is 4.74 Å². The van der Waals surface area contributed by atoms with Crippen molar-refractivity contribution >= 4 is 0 Å². The minimum atomic E-state index is 0.207. The monoisotopic (exact) mass is 195 g/mol. The summed E-state index contributed by atoms with van der Waals surface area (Å²) in [6.45, 7) is 0. The van der Waals surface area contributed by atoms with Gasteiger partial charge in [-0.2, -0.15) is 5.26 Å². The predicted octanol–water partition coefficient (Wildman–Crippen LogP) is 3.77. The molecule has 0 saturated heterocycles. The van der Waals surface area contributed by atoms with Crippen LogP contribution in [0, 0.1) is 11.5 Å². The first kappa shape index (κ1) is 11.4. The number of hydrogen-bond acceptors (Lipinski definition) is 2. The molecule has 2 nitrogen and oxygen atoms in total. The minimum absolute atomic E-state index is 0.207. The van der Waals surface area contributed by atoms with Gasteiger partial charge in [0.25, 0.3) is 6.26 Å². The largest absolute Gasteiger partial charge is 0.424 e. The molecule has 0 aromatic heterocycles. The molecule has 0 atom stereocenters. The second kappa shape index (κ2) is 7.67. The SMILES string of the molecule is N#COC1CCCCCCCCCC1. The van der Waals surface area contributed by atoms with Crippen LogP contribution in [-0.4, -0.2) is 6.10 Å². The predicted molar refractivity (Wildman–Crippen MR) is 56.7 cm³/mol. The summed E-state index contributed by atoms with van der Waals surface area (Å²) in [6, 6.07) is 0. The van der Waals surface area contributed by atoms with Crippen LogP contribution in [-0.2, 0) is 4.74 Å². The van der Waals surface area contributed by atoms with Gasteiger partial charge in [-0.3, -0.25) is 0 Å². The van der Waals surface area contributed by atoms with Crippen molar-refractivity contribution in [1.82, 2.24) is 0 Å². The maximum absolute atomic E-state index is 8.49. The van der Waals surface area contributed by atoms with Gasteiger partial charge in [-0.25, -0.2) is 0 Å². The van der Waals surface area contributed by atoms with Crippen molar-refractivity contribution in [3.8, 4) is 6.26 Å². The van der Waals surface area contributed by atoms with E-state index in [1.165, 1.54) is 51.4 Å². The Labute approximate surface area is 87.3 Å². The molecule has 0 bridgehead atoms. The summed E-state index contributed by atoms with van der Waals surface area (Å²) in [6.07, 6.45) is 14.8. The van der Waals surface area contributed by atoms with Crippen LogP contribution in [0.2, 0.25) is 0 Å². The van der Waals surface area contributed by atoms with Gasteiger partial charge in [-0.15, -0.1) is 0 Å². The first-order chi connectivity index (χ1) is 6.93. The summed E-state index contributed by atoms with van der Waals surface area (Å²) >= 11 is 0. The molecule has 0 aliphatic heterocycles. The quantitative estimate of drug-likeness (QED) is 0.597. The molecule has 1 aliphatic rings. The zero-order valence-corrected chi connectivity index (χ0v) is 9.00. The zero-order chi connectivity index (χ0) is 10.1. The van der Waals surface area contributed by atoms with Crippen molar-refractivity contribution in [3.63, 3.8) is 0 Å². The Morgan fingerprint density at radius 2 is 1.21 bits per heavy atom. The number of nitriles is 1. The summed E-state index contributed by atoms with van der Waals surface area (Å²) in [7, 11) is 0. The van der Waals surface area contributed by atoms with E-state index < -0.39 is 0 Å². The highest BCUT2D eigenvalue weighted by Crippen LogP contribution is 2.18. The molecular formula is C12H21NO. The second-order valence-electron chi connectivity index (χ2n) is 4.24. The first-order valence-corrected chi connectivity index (χ1v) is 5.98. The van der Waals surface area contributed by atoms with Crippen LogP contribution < -0.4 is 0 Å². The van der Waals surface area contributed by atoms with Gasteiger partial charge in [0, 0.05) is 0 Å². The fourth-order valence-corrected chi connectivity index (χ4v) is 2.14. The van der Waals surface area contributed by atoms with Crippen LogP contribution in [0.15, 0.2) is 0 Å². The molecule has 1 fully saturated rings. The van der Waals surface area contributed by atoms with E-state index in [4.69, 9.17) is 10.00 Å². The van der Waals surface area contributed by atoms with Gasteiger partial charge >= 0.3 is 0 Å². The fourth-order valence-electron chi connectivity index (χ4n) is 2.14. The molecule has 1 aliphatic carbocycles. The third-order valence-electron chi connectivity index (χ3n) is 3.02. The molecule has 0 spiro atoms. The summed E-state index contributed by atoms with van der Waals surface area (Å²) in [5.74, 6) is 0. The number of nitrogens with zero attached hydrogens (tertiary/aromatic N) is 1. The van der Waals surface area contributed by atoms with E-state index in [-0.39, 0.29) is 6.10 Å². The molecule has 0 radical (unpaired) electrons. The molecule has 1 rings (SSSR count). The molecule has 0 aromatic carbocycles. The van der Waals surface area contributed by atoms with Crippen LogP contribution in [0.4, 0.5) is 0 Å². The molecule has 0 amide bonds. The maximum Gasteiger partial charge on any atom is 0.286 e. The summed E-state index contributed by atoms with van der Waals surface area (Å²) < 4.78 is 5.06. The average molecular weight is 195 g/mol.